The first-order valence-corrected chi connectivity index (χ1v) is 8.83. The van der Waals surface area contributed by atoms with Crippen molar-refractivity contribution in [2.24, 2.45) is 0 Å². The SMILES string of the molecule is [C-]#[O+].[C-]#[O+].[C-]#[O+].[Cr].c1ccc(CO[C@H](Sc2ccccc2)c2ccccc2)cc1. The Kier molecular flexibility index (Phi) is 20.4. The minimum Gasteiger partial charge on any atom is -0.358 e. The topological polar surface area (TPSA) is 68.9 Å². The van der Waals surface area contributed by atoms with E-state index in [4.69, 9.17) is 18.7 Å². The van der Waals surface area contributed by atoms with Gasteiger partial charge in [-0.2, -0.15) is 0 Å². The first-order valence-electron chi connectivity index (χ1n) is 7.95. The average molecular weight is 442 g/mol. The summed E-state index contributed by atoms with van der Waals surface area (Å²) < 4.78 is 28.7. The van der Waals surface area contributed by atoms with Crippen LogP contribution < -0.4 is 0 Å². The zero-order chi connectivity index (χ0) is 21.0. The molecule has 0 unspecified atom stereocenters. The Hall–Kier alpha value is -2.28. The van der Waals surface area contributed by atoms with E-state index in [1.807, 2.05) is 30.3 Å². The van der Waals surface area contributed by atoms with Gasteiger partial charge < -0.3 is 4.74 Å². The number of ether oxygens (including phenoxy) is 1. The van der Waals surface area contributed by atoms with E-state index in [-0.39, 0.29) is 22.8 Å². The smallest absolute Gasteiger partial charge is 0.133 e. The van der Waals surface area contributed by atoms with Crippen LogP contribution in [0.15, 0.2) is 95.9 Å². The molecule has 0 N–H and O–H groups in total. The average Bonchev–Trinajstić information content (AvgIpc) is 2.82. The first-order chi connectivity index (χ1) is 13.9. The summed E-state index contributed by atoms with van der Waals surface area (Å²) >= 11 is 1.74. The van der Waals surface area contributed by atoms with Crippen LogP contribution in [0, 0.1) is 20.0 Å². The van der Waals surface area contributed by atoms with Gasteiger partial charge in [0.25, 0.3) is 0 Å². The second-order valence-electron chi connectivity index (χ2n) is 4.97. The van der Waals surface area contributed by atoms with E-state index >= 15 is 0 Å². The molecule has 3 aromatic carbocycles. The van der Waals surface area contributed by atoms with Gasteiger partial charge in [0.15, 0.2) is 0 Å². The van der Waals surface area contributed by atoms with Crippen molar-refractivity contribution < 1.29 is 36.1 Å². The number of benzene rings is 3. The maximum atomic E-state index is 7.50. The molecule has 0 radical (unpaired) electrons. The molecule has 0 heterocycles. The molecule has 6 heteroatoms. The van der Waals surface area contributed by atoms with Gasteiger partial charge in [0.05, 0.1) is 6.61 Å². The van der Waals surface area contributed by atoms with Gasteiger partial charge >= 0.3 is 33.9 Å². The van der Waals surface area contributed by atoms with Crippen molar-refractivity contribution in [2.75, 3.05) is 0 Å². The number of rotatable bonds is 6. The van der Waals surface area contributed by atoms with E-state index < -0.39 is 0 Å². The van der Waals surface area contributed by atoms with Crippen LogP contribution in [-0.2, 0) is 42.7 Å². The van der Waals surface area contributed by atoms with Crippen molar-refractivity contribution in [3.05, 3.63) is 122 Å². The Balaban J connectivity index is 0. The summed E-state index contributed by atoms with van der Waals surface area (Å²) in [6, 6.07) is 31.1. The minimum atomic E-state index is -0.0104. The molecule has 0 saturated heterocycles. The molecule has 4 nitrogen and oxygen atoms in total. The fraction of sp³-hybridized carbons (Fsp3) is 0.0870. The summed E-state index contributed by atoms with van der Waals surface area (Å²) in [5.74, 6) is 0. The predicted octanol–water partition coefficient (Wildman–Crippen LogP) is 5.58. The summed E-state index contributed by atoms with van der Waals surface area (Å²) in [6.45, 7) is 14.1. The molecule has 0 amide bonds. The molecule has 0 saturated carbocycles. The largest absolute Gasteiger partial charge is 0.358 e. The quantitative estimate of drug-likeness (QED) is 0.216. The van der Waals surface area contributed by atoms with Gasteiger partial charge in [0, 0.05) is 22.3 Å². The molecule has 0 aliphatic rings. The predicted molar refractivity (Wildman–Crippen MR) is 105 cm³/mol. The van der Waals surface area contributed by atoms with E-state index in [0.717, 1.165) is 0 Å². The standard InChI is InChI=1S/C20H18OS.3CO.Cr/c1-4-10-17(11-5-1)16-21-20(18-12-6-2-7-13-18)22-19-14-8-3-9-15-19;3*1-2;/h1-15,20H,16H2;;;;/t20-;;;;/m1..../s1. The molecule has 0 aliphatic heterocycles. The van der Waals surface area contributed by atoms with E-state index in [9.17, 15) is 0 Å². The summed E-state index contributed by atoms with van der Waals surface area (Å²) in [7, 11) is 0. The molecule has 146 valence electrons. The molecule has 0 aromatic heterocycles. The van der Waals surface area contributed by atoms with Crippen LogP contribution in [-0.4, -0.2) is 0 Å². The second kappa shape index (κ2) is 20.5. The number of hydrogen-bond donors (Lipinski definition) is 0. The molecular weight excluding hydrogens is 424 g/mol. The van der Waals surface area contributed by atoms with Crippen LogP contribution in [0.4, 0.5) is 0 Å². The maximum Gasteiger partial charge on any atom is 0.133 e. The van der Waals surface area contributed by atoms with Gasteiger partial charge in [0.1, 0.15) is 5.44 Å². The van der Waals surface area contributed by atoms with Gasteiger partial charge in [-0.3, -0.25) is 0 Å². The van der Waals surface area contributed by atoms with Gasteiger partial charge in [-0.1, -0.05) is 90.6 Å². The Morgan fingerprint density at radius 3 is 1.55 bits per heavy atom. The number of thioether (sulfide) groups is 1. The maximum absolute atomic E-state index is 7.50. The molecule has 3 aromatic rings. The normalized spacial score (nSPS) is 9.31. The van der Waals surface area contributed by atoms with E-state index in [0.29, 0.717) is 6.61 Å². The third-order valence-electron chi connectivity index (χ3n) is 3.30. The van der Waals surface area contributed by atoms with Crippen molar-refractivity contribution in [1.82, 2.24) is 0 Å². The number of hydrogen-bond acceptors (Lipinski definition) is 2. The van der Waals surface area contributed by atoms with E-state index in [1.165, 1.54) is 16.0 Å². The molecule has 0 spiro atoms. The Labute approximate surface area is 186 Å². The Morgan fingerprint density at radius 1 is 0.655 bits per heavy atom. The van der Waals surface area contributed by atoms with Crippen molar-refractivity contribution >= 4 is 11.8 Å². The van der Waals surface area contributed by atoms with Crippen LogP contribution in [0.2, 0.25) is 0 Å². The monoisotopic (exact) mass is 442 g/mol. The molecule has 1 atom stereocenters. The molecule has 29 heavy (non-hydrogen) atoms. The molecule has 0 aliphatic carbocycles. The van der Waals surface area contributed by atoms with Crippen LogP contribution in [0.5, 0.6) is 0 Å². The van der Waals surface area contributed by atoms with Gasteiger partial charge in [-0.05, 0) is 23.3 Å². The molecule has 3 rings (SSSR count). The summed E-state index contributed by atoms with van der Waals surface area (Å²) in [6.07, 6.45) is 0. The molecular formula is C23H18CrO4S. The summed E-state index contributed by atoms with van der Waals surface area (Å²) in [5, 5.41) is 0. The fourth-order valence-electron chi connectivity index (χ4n) is 2.18. The fourth-order valence-corrected chi connectivity index (χ4v) is 3.17. The van der Waals surface area contributed by atoms with Gasteiger partial charge in [0.2, 0.25) is 0 Å². The second-order valence-corrected chi connectivity index (χ2v) is 6.11. The summed E-state index contributed by atoms with van der Waals surface area (Å²) in [4.78, 5) is 1.21. The Bertz CT molecular complexity index is 792. The van der Waals surface area contributed by atoms with Crippen molar-refractivity contribution in [1.29, 1.82) is 0 Å². The van der Waals surface area contributed by atoms with Crippen molar-refractivity contribution in [2.45, 2.75) is 16.9 Å². The van der Waals surface area contributed by atoms with Crippen LogP contribution in [0.1, 0.15) is 16.6 Å². The zero-order valence-electron chi connectivity index (χ0n) is 15.4. The van der Waals surface area contributed by atoms with Crippen molar-refractivity contribution in [3.63, 3.8) is 0 Å². The summed E-state index contributed by atoms with van der Waals surface area (Å²) in [5.41, 5.74) is 2.37. The van der Waals surface area contributed by atoms with Crippen LogP contribution in [0.3, 0.4) is 0 Å². The van der Waals surface area contributed by atoms with E-state index in [1.54, 1.807) is 11.8 Å². The van der Waals surface area contributed by atoms with Crippen LogP contribution in [0.25, 0.3) is 0 Å². The molecule has 0 bridgehead atoms. The van der Waals surface area contributed by atoms with Crippen molar-refractivity contribution in [3.8, 4) is 0 Å². The minimum absolute atomic E-state index is 0. The first kappa shape index (κ1) is 28.9. The zero-order valence-corrected chi connectivity index (χ0v) is 17.5. The van der Waals surface area contributed by atoms with E-state index in [2.05, 4.69) is 80.6 Å². The van der Waals surface area contributed by atoms with Gasteiger partial charge in [-0.25, -0.2) is 0 Å². The van der Waals surface area contributed by atoms with Gasteiger partial charge in [-0.15, -0.1) is 0 Å². The third-order valence-corrected chi connectivity index (χ3v) is 4.47. The molecule has 0 fully saturated rings. The third kappa shape index (κ3) is 12.0. The Morgan fingerprint density at radius 2 is 1.07 bits per heavy atom. The van der Waals surface area contributed by atoms with Crippen LogP contribution >= 0.6 is 11.8 Å².